The second kappa shape index (κ2) is 6.10. The molecule has 2 N–H and O–H groups in total. The van der Waals surface area contributed by atoms with E-state index in [0.717, 1.165) is 11.8 Å². The predicted molar refractivity (Wildman–Crippen MR) is 64.0 cm³/mol. The van der Waals surface area contributed by atoms with Crippen LogP contribution in [0.1, 0.15) is 11.5 Å². The van der Waals surface area contributed by atoms with Gasteiger partial charge in [-0.2, -0.15) is 0 Å². The van der Waals surface area contributed by atoms with E-state index in [1.54, 1.807) is 12.1 Å². The highest BCUT2D eigenvalue weighted by molar-refractivity contribution is 5.66. The minimum atomic E-state index is -0.372. The van der Waals surface area contributed by atoms with Crippen molar-refractivity contribution in [1.82, 2.24) is 0 Å². The Morgan fingerprint density at radius 1 is 1.18 bits per heavy atom. The summed E-state index contributed by atoms with van der Waals surface area (Å²) in [6, 6.07) is 3.46. The number of carbonyl (C=O) groups is 1. The molecule has 0 aliphatic heterocycles. The van der Waals surface area contributed by atoms with E-state index in [9.17, 15) is 4.79 Å². The molecule has 1 unspecified atom stereocenters. The molecule has 0 aliphatic carbocycles. The number of hydrogen-bond acceptors (Lipinski definition) is 5. The largest absolute Gasteiger partial charge is 0.493 e. The summed E-state index contributed by atoms with van der Waals surface area (Å²) in [6.07, 6.45) is 0.806. The molecule has 1 atom stereocenters. The molecular formula is C12H17NO4. The van der Waals surface area contributed by atoms with Crippen molar-refractivity contribution in [2.45, 2.75) is 5.92 Å². The molecule has 1 rings (SSSR count). The van der Waals surface area contributed by atoms with E-state index in [-0.39, 0.29) is 12.5 Å². The predicted octanol–water partition coefficient (Wildman–Crippen LogP) is 0.954. The van der Waals surface area contributed by atoms with Crippen LogP contribution in [0, 0.1) is 0 Å². The first-order chi connectivity index (χ1) is 8.21. The van der Waals surface area contributed by atoms with E-state index in [4.69, 9.17) is 19.9 Å². The Labute approximate surface area is 100 Å². The average Bonchev–Trinajstić information content (AvgIpc) is 2.38. The zero-order valence-corrected chi connectivity index (χ0v) is 10.2. The number of ether oxygens (including phenoxy) is 3. The first-order valence-electron chi connectivity index (χ1n) is 5.17. The highest BCUT2D eigenvalue weighted by Crippen LogP contribution is 2.39. The normalized spacial score (nSPS) is 11.8. The van der Waals surface area contributed by atoms with E-state index in [1.807, 2.05) is 0 Å². The van der Waals surface area contributed by atoms with Crippen LogP contribution < -0.4 is 19.9 Å². The Bertz CT molecular complexity index is 367. The lowest BCUT2D eigenvalue weighted by Crippen LogP contribution is -2.14. The maximum absolute atomic E-state index is 10.9. The molecule has 0 heterocycles. The van der Waals surface area contributed by atoms with Crippen molar-refractivity contribution in [3.05, 3.63) is 17.7 Å². The molecule has 1 aromatic carbocycles. The zero-order valence-electron chi connectivity index (χ0n) is 10.2. The third-order valence-corrected chi connectivity index (χ3v) is 2.53. The molecule has 0 aliphatic rings. The quantitative estimate of drug-likeness (QED) is 0.748. The van der Waals surface area contributed by atoms with Crippen LogP contribution in [0.4, 0.5) is 0 Å². The maximum Gasteiger partial charge on any atom is 0.203 e. The summed E-state index contributed by atoms with van der Waals surface area (Å²) in [6.45, 7) is 0.238. The lowest BCUT2D eigenvalue weighted by molar-refractivity contribution is -0.108. The smallest absolute Gasteiger partial charge is 0.203 e. The van der Waals surface area contributed by atoms with Crippen molar-refractivity contribution in [3.63, 3.8) is 0 Å². The van der Waals surface area contributed by atoms with Crippen LogP contribution in [0.5, 0.6) is 17.2 Å². The van der Waals surface area contributed by atoms with Gasteiger partial charge in [0.25, 0.3) is 0 Å². The molecule has 0 saturated carbocycles. The molecule has 0 fully saturated rings. The van der Waals surface area contributed by atoms with Gasteiger partial charge in [0.15, 0.2) is 11.5 Å². The van der Waals surface area contributed by atoms with Gasteiger partial charge < -0.3 is 24.7 Å². The summed E-state index contributed by atoms with van der Waals surface area (Å²) in [5.74, 6) is 1.16. The van der Waals surface area contributed by atoms with E-state index in [1.165, 1.54) is 21.3 Å². The first-order valence-corrected chi connectivity index (χ1v) is 5.17. The van der Waals surface area contributed by atoms with Crippen molar-refractivity contribution in [2.24, 2.45) is 5.73 Å². The number of aldehydes is 1. The first kappa shape index (κ1) is 13.3. The highest BCUT2D eigenvalue weighted by Gasteiger charge is 2.17. The summed E-state index contributed by atoms with van der Waals surface area (Å²) < 4.78 is 15.6. The number of benzene rings is 1. The summed E-state index contributed by atoms with van der Waals surface area (Å²) >= 11 is 0. The average molecular weight is 239 g/mol. The van der Waals surface area contributed by atoms with E-state index in [2.05, 4.69) is 0 Å². The summed E-state index contributed by atoms with van der Waals surface area (Å²) in [4.78, 5) is 10.9. The molecule has 0 spiro atoms. The van der Waals surface area contributed by atoms with Gasteiger partial charge in [0.2, 0.25) is 5.75 Å². The molecule has 0 aromatic heterocycles. The van der Waals surface area contributed by atoms with Crippen LogP contribution in [-0.2, 0) is 4.79 Å². The lowest BCUT2D eigenvalue weighted by atomic mass is 10.00. The Morgan fingerprint density at radius 3 is 2.00 bits per heavy atom. The zero-order chi connectivity index (χ0) is 12.8. The van der Waals surface area contributed by atoms with Gasteiger partial charge in [0, 0.05) is 6.54 Å². The van der Waals surface area contributed by atoms with Gasteiger partial charge in [-0.3, -0.25) is 0 Å². The van der Waals surface area contributed by atoms with Crippen molar-refractivity contribution < 1.29 is 19.0 Å². The molecule has 5 nitrogen and oxygen atoms in total. The van der Waals surface area contributed by atoms with Crippen LogP contribution in [-0.4, -0.2) is 34.2 Å². The molecule has 17 heavy (non-hydrogen) atoms. The number of methoxy groups -OCH3 is 3. The van der Waals surface area contributed by atoms with Gasteiger partial charge in [0.05, 0.1) is 27.2 Å². The monoisotopic (exact) mass is 239 g/mol. The van der Waals surface area contributed by atoms with E-state index >= 15 is 0 Å². The SMILES string of the molecule is COc1cc(C(C=O)CN)cc(OC)c1OC. The van der Waals surface area contributed by atoms with Crippen LogP contribution >= 0.6 is 0 Å². The Hall–Kier alpha value is -1.75. The molecule has 0 bridgehead atoms. The molecular weight excluding hydrogens is 222 g/mol. The van der Waals surface area contributed by atoms with Gasteiger partial charge in [0.1, 0.15) is 6.29 Å². The van der Waals surface area contributed by atoms with Gasteiger partial charge in [-0.05, 0) is 17.7 Å². The standard InChI is InChI=1S/C12H17NO4/c1-15-10-4-8(9(6-13)7-14)5-11(16-2)12(10)17-3/h4-5,7,9H,6,13H2,1-3H3. The van der Waals surface area contributed by atoms with Crippen molar-refractivity contribution in [1.29, 1.82) is 0 Å². The fraction of sp³-hybridized carbons (Fsp3) is 0.417. The number of nitrogens with two attached hydrogens (primary N) is 1. The fourth-order valence-electron chi connectivity index (χ4n) is 1.59. The molecule has 0 radical (unpaired) electrons. The lowest BCUT2D eigenvalue weighted by Gasteiger charge is -2.16. The molecule has 5 heteroatoms. The van der Waals surface area contributed by atoms with E-state index < -0.39 is 0 Å². The van der Waals surface area contributed by atoms with Crippen molar-refractivity contribution in [3.8, 4) is 17.2 Å². The Kier molecular flexibility index (Phi) is 4.78. The van der Waals surface area contributed by atoms with Crippen LogP contribution in [0.25, 0.3) is 0 Å². The molecule has 0 amide bonds. The third kappa shape index (κ3) is 2.68. The van der Waals surface area contributed by atoms with Gasteiger partial charge in [-0.1, -0.05) is 0 Å². The molecule has 0 saturated heterocycles. The van der Waals surface area contributed by atoms with Gasteiger partial charge in [-0.15, -0.1) is 0 Å². The highest BCUT2D eigenvalue weighted by atomic mass is 16.5. The van der Waals surface area contributed by atoms with Gasteiger partial charge >= 0.3 is 0 Å². The van der Waals surface area contributed by atoms with Crippen molar-refractivity contribution in [2.75, 3.05) is 27.9 Å². The van der Waals surface area contributed by atoms with Crippen LogP contribution in [0.3, 0.4) is 0 Å². The van der Waals surface area contributed by atoms with Gasteiger partial charge in [-0.25, -0.2) is 0 Å². The summed E-state index contributed by atoms with van der Waals surface area (Å²) in [5.41, 5.74) is 6.27. The second-order valence-electron chi connectivity index (χ2n) is 3.44. The Balaban J connectivity index is 3.30. The fourth-order valence-corrected chi connectivity index (χ4v) is 1.59. The number of carbonyl (C=O) groups excluding carboxylic acids is 1. The number of rotatable bonds is 6. The molecule has 94 valence electrons. The third-order valence-electron chi connectivity index (χ3n) is 2.53. The second-order valence-corrected chi connectivity index (χ2v) is 3.44. The topological polar surface area (TPSA) is 70.8 Å². The Morgan fingerprint density at radius 2 is 1.71 bits per heavy atom. The summed E-state index contributed by atoms with van der Waals surface area (Å²) in [5, 5.41) is 0. The minimum absolute atomic E-state index is 0.238. The maximum atomic E-state index is 10.9. The number of hydrogen-bond donors (Lipinski definition) is 1. The van der Waals surface area contributed by atoms with Crippen molar-refractivity contribution >= 4 is 6.29 Å². The van der Waals surface area contributed by atoms with Crippen LogP contribution in [0.2, 0.25) is 0 Å². The van der Waals surface area contributed by atoms with E-state index in [0.29, 0.717) is 17.2 Å². The van der Waals surface area contributed by atoms with Crippen LogP contribution in [0.15, 0.2) is 12.1 Å². The summed E-state index contributed by atoms with van der Waals surface area (Å²) in [7, 11) is 4.58. The molecule has 1 aromatic rings. The minimum Gasteiger partial charge on any atom is -0.493 e.